The molecule has 0 atom stereocenters. The molecule has 0 aliphatic heterocycles. The molecule has 23 heavy (non-hydrogen) atoms. The number of aliphatic hydroxyl groups is 1. The van der Waals surface area contributed by atoms with Gasteiger partial charge in [0.25, 0.3) is 0 Å². The smallest absolute Gasteiger partial charge is 0.227 e. The van der Waals surface area contributed by atoms with Crippen molar-refractivity contribution in [2.24, 2.45) is 0 Å². The van der Waals surface area contributed by atoms with E-state index in [4.69, 9.17) is 4.42 Å². The Labute approximate surface area is 134 Å². The quantitative estimate of drug-likeness (QED) is 0.796. The first-order valence-corrected chi connectivity index (χ1v) is 8.46. The van der Waals surface area contributed by atoms with Crippen molar-refractivity contribution in [1.82, 2.24) is 4.98 Å². The summed E-state index contributed by atoms with van der Waals surface area (Å²) in [6.45, 7) is 1.66. The van der Waals surface area contributed by atoms with Crippen molar-refractivity contribution in [3.63, 3.8) is 0 Å². The maximum Gasteiger partial charge on any atom is 0.227 e. The minimum atomic E-state index is -3.80. The molecule has 118 valence electrons. The van der Waals surface area contributed by atoms with Crippen molar-refractivity contribution in [2.45, 2.75) is 23.5 Å². The van der Waals surface area contributed by atoms with Crippen molar-refractivity contribution in [2.75, 3.05) is 0 Å². The minimum absolute atomic E-state index is 0.134. The fraction of sp³-hybridized carbons (Fsp3) is 0.118. The molecule has 0 spiro atoms. The highest BCUT2D eigenvalue weighted by Crippen LogP contribution is 2.32. The van der Waals surface area contributed by atoms with Crippen LogP contribution in [-0.2, 0) is 16.4 Å². The molecule has 0 aliphatic carbocycles. The molecule has 6 heteroatoms. The van der Waals surface area contributed by atoms with Gasteiger partial charge >= 0.3 is 0 Å². The van der Waals surface area contributed by atoms with Crippen LogP contribution < -0.4 is 0 Å². The number of hydrogen-bond acceptors (Lipinski definition) is 5. The molecule has 0 fully saturated rings. The lowest BCUT2D eigenvalue weighted by atomic mass is 10.1. The summed E-state index contributed by atoms with van der Waals surface area (Å²) in [6, 6.07) is 13.5. The van der Waals surface area contributed by atoms with Gasteiger partial charge in [0.1, 0.15) is 0 Å². The molecule has 3 rings (SSSR count). The summed E-state index contributed by atoms with van der Waals surface area (Å²) in [7, 11) is -3.80. The lowest BCUT2D eigenvalue weighted by Gasteiger charge is -2.07. The molecular formula is C17H15NO4S. The third-order valence-corrected chi connectivity index (χ3v) is 5.25. The molecule has 2 aromatic carbocycles. The van der Waals surface area contributed by atoms with Gasteiger partial charge in [-0.05, 0) is 24.6 Å². The zero-order chi connectivity index (χ0) is 16.4. The number of rotatable bonds is 4. The number of hydrogen-bond donors (Lipinski definition) is 1. The van der Waals surface area contributed by atoms with Gasteiger partial charge in [-0.2, -0.15) is 0 Å². The van der Waals surface area contributed by atoms with E-state index in [1.807, 2.05) is 6.92 Å². The third kappa shape index (κ3) is 2.78. The van der Waals surface area contributed by atoms with Crippen LogP contribution in [0.25, 0.3) is 11.3 Å². The predicted molar refractivity (Wildman–Crippen MR) is 84.5 cm³/mol. The summed E-state index contributed by atoms with van der Waals surface area (Å²) in [5.41, 5.74) is 2.05. The van der Waals surface area contributed by atoms with Crippen LogP contribution in [0.1, 0.15) is 11.1 Å². The monoisotopic (exact) mass is 329 g/mol. The summed E-state index contributed by atoms with van der Waals surface area (Å²) in [5, 5.41) is 9.30. The molecule has 0 saturated heterocycles. The Bertz CT molecular complexity index is 927. The van der Waals surface area contributed by atoms with Gasteiger partial charge < -0.3 is 9.52 Å². The van der Waals surface area contributed by atoms with E-state index in [2.05, 4.69) is 4.98 Å². The molecule has 0 radical (unpaired) electrons. The van der Waals surface area contributed by atoms with Crippen LogP contribution in [0.3, 0.4) is 0 Å². The Hall–Kier alpha value is -2.44. The summed E-state index contributed by atoms with van der Waals surface area (Å²) in [6.07, 6.45) is 1.10. The SMILES string of the molecule is Cc1ccc(S(=O)(=O)c2ncoc2-c2ccccc2CO)cc1. The van der Waals surface area contributed by atoms with Crippen LogP contribution in [0.4, 0.5) is 0 Å². The van der Waals surface area contributed by atoms with Crippen LogP contribution in [-0.4, -0.2) is 18.5 Å². The molecular weight excluding hydrogens is 314 g/mol. The normalized spacial score (nSPS) is 11.6. The van der Waals surface area contributed by atoms with Gasteiger partial charge in [-0.3, -0.25) is 0 Å². The molecule has 0 unspecified atom stereocenters. The summed E-state index contributed by atoms with van der Waals surface area (Å²) in [4.78, 5) is 4.05. The lowest BCUT2D eigenvalue weighted by Crippen LogP contribution is -2.04. The Balaban J connectivity index is 2.16. The number of aliphatic hydroxyl groups excluding tert-OH is 1. The Morgan fingerprint density at radius 2 is 1.78 bits per heavy atom. The number of sulfone groups is 1. The summed E-state index contributed by atoms with van der Waals surface area (Å²) >= 11 is 0. The highest BCUT2D eigenvalue weighted by Gasteiger charge is 2.27. The van der Waals surface area contributed by atoms with Crippen molar-refractivity contribution >= 4 is 9.84 Å². The molecule has 0 saturated carbocycles. The zero-order valence-corrected chi connectivity index (χ0v) is 13.2. The van der Waals surface area contributed by atoms with Crippen molar-refractivity contribution in [3.8, 4) is 11.3 Å². The highest BCUT2D eigenvalue weighted by atomic mass is 32.2. The largest absolute Gasteiger partial charge is 0.442 e. The van der Waals surface area contributed by atoms with Crippen LogP contribution in [0.5, 0.6) is 0 Å². The zero-order valence-electron chi connectivity index (χ0n) is 12.4. The second-order valence-corrected chi connectivity index (χ2v) is 6.98. The lowest BCUT2D eigenvalue weighted by molar-refractivity contribution is 0.282. The maximum absolute atomic E-state index is 12.8. The van der Waals surface area contributed by atoms with Gasteiger partial charge in [0.2, 0.25) is 14.9 Å². The average molecular weight is 329 g/mol. The molecule has 3 aromatic rings. The fourth-order valence-corrected chi connectivity index (χ4v) is 3.62. The Morgan fingerprint density at radius 3 is 2.48 bits per heavy atom. The van der Waals surface area contributed by atoms with Gasteiger partial charge in [-0.25, -0.2) is 13.4 Å². The predicted octanol–water partition coefficient (Wildman–Crippen LogP) is 2.98. The van der Waals surface area contributed by atoms with Crippen molar-refractivity contribution < 1.29 is 17.9 Å². The second-order valence-electron chi connectivity index (χ2n) is 5.12. The topological polar surface area (TPSA) is 80.4 Å². The second kappa shape index (κ2) is 5.98. The number of benzene rings is 2. The van der Waals surface area contributed by atoms with E-state index in [1.165, 1.54) is 0 Å². The molecule has 1 N–H and O–H groups in total. The van der Waals surface area contributed by atoms with E-state index < -0.39 is 9.84 Å². The number of aryl methyl sites for hydroxylation is 1. The fourth-order valence-electron chi connectivity index (χ4n) is 2.31. The number of aromatic nitrogens is 1. The van der Waals surface area contributed by atoms with Gasteiger partial charge in [-0.15, -0.1) is 0 Å². The first-order valence-electron chi connectivity index (χ1n) is 6.98. The van der Waals surface area contributed by atoms with Gasteiger partial charge in [0.15, 0.2) is 12.2 Å². The number of oxazole rings is 1. The standard InChI is InChI=1S/C17H15NO4S/c1-12-6-8-14(9-7-12)23(20,21)17-16(22-11-18-17)15-5-3-2-4-13(15)10-19/h2-9,11,19H,10H2,1H3. The molecule has 0 bridgehead atoms. The molecule has 0 amide bonds. The molecule has 0 aliphatic rings. The van der Waals surface area contributed by atoms with E-state index >= 15 is 0 Å². The van der Waals surface area contributed by atoms with Crippen molar-refractivity contribution in [3.05, 3.63) is 66.1 Å². The van der Waals surface area contributed by atoms with E-state index in [9.17, 15) is 13.5 Å². The van der Waals surface area contributed by atoms with E-state index in [-0.39, 0.29) is 22.3 Å². The molecule has 1 aromatic heterocycles. The number of nitrogens with zero attached hydrogens (tertiary/aromatic N) is 1. The highest BCUT2D eigenvalue weighted by molar-refractivity contribution is 7.91. The van der Waals surface area contributed by atoms with E-state index in [0.717, 1.165) is 12.0 Å². The van der Waals surface area contributed by atoms with Crippen LogP contribution in [0.15, 0.2) is 69.3 Å². The van der Waals surface area contributed by atoms with Gasteiger partial charge in [0, 0.05) is 5.56 Å². The summed E-state index contributed by atoms with van der Waals surface area (Å²) < 4.78 is 31.0. The van der Waals surface area contributed by atoms with E-state index in [1.54, 1.807) is 48.5 Å². The van der Waals surface area contributed by atoms with E-state index in [0.29, 0.717) is 11.1 Å². The first-order chi connectivity index (χ1) is 11.0. The molecule has 1 heterocycles. The Morgan fingerprint density at radius 1 is 1.09 bits per heavy atom. The average Bonchev–Trinajstić information content (AvgIpc) is 3.05. The maximum atomic E-state index is 12.8. The van der Waals surface area contributed by atoms with Crippen molar-refractivity contribution in [1.29, 1.82) is 0 Å². The first kappa shape index (κ1) is 15.5. The minimum Gasteiger partial charge on any atom is -0.442 e. The van der Waals surface area contributed by atoms with Crippen LogP contribution in [0, 0.1) is 6.92 Å². The van der Waals surface area contributed by atoms with Crippen LogP contribution >= 0.6 is 0 Å². The molecule has 5 nitrogen and oxygen atoms in total. The van der Waals surface area contributed by atoms with Gasteiger partial charge in [-0.1, -0.05) is 42.0 Å². The van der Waals surface area contributed by atoms with Crippen LogP contribution in [0.2, 0.25) is 0 Å². The third-order valence-electron chi connectivity index (χ3n) is 3.55. The Kier molecular flexibility index (Phi) is 4.02. The summed E-state index contributed by atoms with van der Waals surface area (Å²) in [5.74, 6) is 0.134. The van der Waals surface area contributed by atoms with Gasteiger partial charge in [0.05, 0.1) is 11.5 Å².